The SMILES string of the molecule is CC(c1ccc(C(C)(C)C)cc1)c1ccccc1O. The summed E-state index contributed by atoms with van der Waals surface area (Å²) in [5.41, 5.74) is 3.72. The molecule has 2 aromatic carbocycles. The van der Waals surface area contributed by atoms with Crippen molar-refractivity contribution in [3.8, 4) is 5.75 Å². The number of hydrogen-bond donors (Lipinski definition) is 1. The van der Waals surface area contributed by atoms with Crippen molar-refractivity contribution >= 4 is 0 Å². The van der Waals surface area contributed by atoms with Gasteiger partial charge in [0.2, 0.25) is 0 Å². The molecule has 0 heterocycles. The Morgan fingerprint density at radius 3 is 2.00 bits per heavy atom. The van der Waals surface area contributed by atoms with Crippen molar-refractivity contribution in [2.24, 2.45) is 0 Å². The quantitative estimate of drug-likeness (QED) is 0.813. The lowest BCUT2D eigenvalue weighted by molar-refractivity contribution is 0.466. The Balaban J connectivity index is 2.31. The summed E-state index contributed by atoms with van der Waals surface area (Å²) < 4.78 is 0. The Labute approximate surface area is 115 Å². The molecule has 1 nitrogen and oxygen atoms in total. The lowest BCUT2D eigenvalue weighted by Crippen LogP contribution is -2.11. The Bertz CT molecular complexity index is 547. The third kappa shape index (κ3) is 2.98. The lowest BCUT2D eigenvalue weighted by atomic mass is 9.85. The van der Waals surface area contributed by atoms with Crippen LogP contribution in [0, 0.1) is 0 Å². The number of phenols is 1. The molecular formula is C18H22O. The van der Waals surface area contributed by atoms with Gasteiger partial charge in [0.15, 0.2) is 0 Å². The Morgan fingerprint density at radius 1 is 0.895 bits per heavy atom. The molecule has 1 N–H and O–H groups in total. The van der Waals surface area contributed by atoms with Crippen LogP contribution in [0.4, 0.5) is 0 Å². The average molecular weight is 254 g/mol. The summed E-state index contributed by atoms with van der Waals surface area (Å²) in [5.74, 6) is 0.574. The standard InChI is InChI=1S/C18H22O/c1-13(16-7-5-6-8-17(16)19)14-9-11-15(12-10-14)18(2,3)4/h5-13,19H,1-4H3. The van der Waals surface area contributed by atoms with E-state index >= 15 is 0 Å². The van der Waals surface area contributed by atoms with Crippen molar-refractivity contribution in [2.75, 3.05) is 0 Å². The topological polar surface area (TPSA) is 20.2 Å². The molecule has 19 heavy (non-hydrogen) atoms. The maximum Gasteiger partial charge on any atom is 0.119 e. The Hall–Kier alpha value is -1.76. The van der Waals surface area contributed by atoms with Crippen molar-refractivity contribution in [3.05, 3.63) is 65.2 Å². The largest absolute Gasteiger partial charge is 0.508 e. The molecule has 0 saturated carbocycles. The van der Waals surface area contributed by atoms with E-state index in [1.807, 2.05) is 18.2 Å². The molecule has 0 radical (unpaired) electrons. The first kappa shape index (κ1) is 13.7. The fourth-order valence-electron chi connectivity index (χ4n) is 2.31. The molecule has 0 spiro atoms. The zero-order valence-corrected chi connectivity index (χ0v) is 12.1. The molecule has 0 amide bonds. The van der Waals surface area contributed by atoms with Crippen LogP contribution in [-0.2, 0) is 5.41 Å². The summed E-state index contributed by atoms with van der Waals surface area (Å²) in [6, 6.07) is 16.3. The van der Waals surface area contributed by atoms with Crippen molar-refractivity contribution in [2.45, 2.75) is 39.0 Å². The zero-order valence-electron chi connectivity index (χ0n) is 12.1. The highest BCUT2D eigenvalue weighted by atomic mass is 16.3. The van der Waals surface area contributed by atoms with Crippen LogP contribution in [0.1, 0.15) is 50.3 Å². The van der Waals surface area contributed by atoms with Gasteiger partial charge in [-0.1, -0.05) is 70.2 Å². The third-order valence-corrected chi connectivity index (χ3v) is 3.68. The second-order valence-electron chi connectivity index (χ2n) is 6.15. The second kappa shape index (κ2) is 5.08. The Morgan fingerprint density at radius 2 is 1.47 bits per heavy atom. The minimum Gasteiger partial charge on any atom is -0.508 e. The number of phenolic OH excluding ortho intramolecular Hbond substituents is 1. The fraction of sp³-hybridized carbons (Fsp3) is 0.333. The summed E-state index contributed by atoms with van der Waals surface area (Å²) in [6.07, 6.45) is 0. The first-order valence-electron chi connectivity index (χ1n) is 6.78. The van der Waals surface area contributed by atoms with Gasteiger partial charge < -0.3 is 5.11 Å². The van der Waals surface area contributed by atoms with E-state index in [-0.39, 0.29) is 11.3 Å². The number of benzene rings is 2. The third-order valence-electron chi connectivity index (χ3n) is 3.68. The maximum absolute atomic E-state index is 9.93. The molecule has 1 atom stereocenters. The molecule has 1 unspecified atom stereocenters. The highest BCUT2D eigenvalue weighted by Crippen LogP contribution is 2.31. The first-order chi connectivity index (χ1) is 8.89. The molecule has 0 saturated heterocycles. The van der Waals surface area contributed by atoms with E-state index in [1.54, 1.807) is 6.07 Å². The van der Waals surface area contributed by atoms with E-state index < -0.39 is 0 Å². The molecule has 0 aliphatic heterocycles. The lowest BCUT2D eigenvalue weighted by Gasteiger charge is -2.20. The predicted octanol–water partition coefficient (Wildman–Crippen LogP) is 4.84. The normalized spacial score (nSPS) is 13.3. The van der Waals surface area contributed by atoms with Crippen LogP contribution in [-0.4, -0.2) is 5.11 Å². The van der Waals surface area contributed by atoms with Crippen LogP contribution >= 0.6 is 0 Å². The van der Waals surface area contributed by atoms with E-state index in [0.717, 1.165) is 5.56 Å². The van der Waals surface area contributed by atoms with Crippen molar-refractivity contribution < 1.29 is 5.11 Å². The summed E-state index contributed by atoms with van der Waals surface area (Å²) in [7, 11) is 0. The predicted molar refractivity (Wildman–Crippen MR) is 80.8 cm³/mol. The van der Waals surface area contributed by atoms with Gasteiger partial charge in [-0.15, -0.1) is 0 Å². The van der Waals surface area contributed by atoms with Crippen molar-refractivity contribution in [1.29, 1.82) is 0 Å². The van der Waals surface area contributed by atoms with Crippen LogP contribution in [0.2, 0.25) is 0 Å². The van der Waals surface area contributed by atoms with E-state index in [1.165, 1.54) is 11.1 Å². The summed E-state index contributed by atoms with van der Waals surface area (Å²) in [4.78, 5) is 0. The van der Waals surface area contributed by atoms with Gasteiger partial charge in [0.1, 0.15) is 5.75 Å². The maximum atomic E-state index is 9.93. The monoisotopic (exact) mass is 254 g/mol. The molecular weight excluding hydrogens is 232 g/mol. The van der Waals surface area contributed by atoms with Gasteiger partial charge in [-0.25, -0.2) is 0 Å². The van der Waals surface area contributed by atoms with Gasteiger partial charge in [-0.05, 0) is 22.6 Å². The molecule has 1 heteroatoms. The van der Waals surface area contributed by atoms with E-state index in [0.29, 0.717) is 5.75 Å². The van der Waals surface area contributed by atoms with Gasteiger partial charge in [0.05, 0.1) is 0 Å². The summed E-state index contributed by atoms with van der Waals surface area (Å²) >= 11 is 0. The Kier molecular flexibility index (Phi) is 3.66. The van der Waals surface area contributed by atoms with Gasteiger partial charge in [0, 0.05) is 11.5 Å². The minimum atomic E-state index is 0.177. The second-order valence-corrected chi connectivity index (χ2v) is 6.15. The van der Waals surface area contributed by atoms with Gasteiger partial charge in [-0.3, -0.25) is 0 Å². The van der Waals surface area contributed by atoms with Crippen LogP contribution in [0.3, 0.4) is 0 Å². The van der Waals surface area contributed by atoms with E-state index in [9.17, 15) is 5.11 Å². The molecule has 0 bridgehead atoms. The highest BCUT2D eigenvalue weighted by Gasteiger charge is 2.15. The fourth-order valence-corrected chi connectivity index (χ4v) is 2.31. The number of para-hydroxylation sites is 1. The van der Waals surface area contributed by atoms with Gasteiger partial charge >= 0.3 is 0 Å². The smallest absolute Gasteiger partial charge is 0.119 e. The molecule has 0 aliphatic rings. The van der Waals surface area contributed by atoms with Crippen LogP contribution in [0.15, 0.2) is 48.5 Å². The van der Waals surface area contributed by atoms with Crippen LogP contribution in [0.25, 0.3) is 0 Å². The van der Waals surface area contributed by atoms with Crippen molar-refractivity contribution in [3.63, 3.8) is 0 Å². The highest BCUT2D eigenvalue weighted by molar-refractivity contribution is 5.41. The minimum absolute atomic E-state index is 0.177. The van der Waals surface area contributed by atoms with E-state index in [4.69, 9.17) is 0 Å². The van der Waals surface area contributed by atoms with Crippen LogP contribution in [0.5, 0.6) is 5.75 Å². The van der Waals surface area contributed by atoms with Crippen LogP contribution < -0.4 is 0 Å². The average Bonchev–Trinajstić information content (AvgIpc) is 2.38. The summed E-state index contributed by atoms with van der Waals surface area (Å²) in [5, 5.41) is 9.93. The number of rotatable bonds is 2. The van der Waals surface area contributed by atoms with Gasteiger partial charge in [-0.2, -0.15) is 0 Å². The number of aromatic hydroxyl groups is 1. The van der Waals surface area contributed by atoms with Gasteiger partial charge in [0.25, 0.3) is 0 Å². The molecule has 0 fully saturated rings. The first-order valence-corrected chi connectivity index (χ1v) is 6.78. The van der Waals surface area contributed by atoms with E-state index in [2.05, 4.69) is 52.0 Å². The molecule has 0 aliphatic carbocycles. The molecule has 0 aromatic heterocycles. The molecule has 100 valence electrons. The molecule has 2 aromatic rings. The van der Waals surface area contributed by atoms with Crippen molar-refractivity contribution in [1.82, 2.24) is 0 Å². The number of hydrogen-bond acceptors (Lipinski definition) is 1. The summed E-state index contributed by atoms with van der Waals surface area (Å²) in [6.45, 7) is 8.78. The zero-order chi connectivity index (χ0) is 14.0. The molecule has 2 rings (SSSR count).